The van der Waals surface area contributed by atoms with Crippen LogP contribution in [-0.2, 0) is 0 Å². The van der Waals surface area contributed by atoms with Crippen LogP contribution in [0.15, 0.2) is 11.6 Å². The molecular formula is C37H68. The van der Waals surface area contributed by atoms with E-state index in [-0.39, 0.29) is 0 Å². The van der Waals surface area contributed by atoms with Crippen molar-refractivity contribution in [2.45, 2.75) is 194 Å². The molecule has 37 heavy (non-hydrogen) atoms. The van der Waals surface area contributed by atoms with Crippen molar-refractivity contribution in [2.75, 3.05) is 0 Å². The van der Waals surface area contributed by atoms with Crippen molar-refractivity contribution >= 4 is 0 Å². The molecule has 0 aromatic heterocycles. The highest BCUT2D eigenvalue weighted by molar-refractivity contribution is 5.08. The summed E-state index contributed by atoms with van der Waals surface area (Å²) in [7, 11) is 0. The van der Waals surface area contributed by atoms with Crippen LogP contribution in [0.25, 0.3) is 0 Å². The van der Waals surface area contributed by atoms with Gasteiger partial charge in [-0.3, -0.25) is 0 Å². The van der Waals surface area contributed by atoms with Gasteiger partial charge in [0.2, 0.25) is 0 Å². The molecule has 0 spiro atoms. The molecule has 0 heterocycles. The summed E-state index contributed by atoms with van der Waals surface area (Å²) in [6.45, 7) is 5.12. The van der Waals surface area contributed by atoms with Crippen molar-refractivity contribution in [1.82, 2.24) is 0 Å². The lowest BCUT2D eigenvalue weighted by Gasteiger charge is -2.30. The maximum Gasteiger partial charge on any atom is -0.0203 e. The Morgan fingerprint density at radius 3 is 1.46 bits per heavy atom. The van der Waals surface area contributed by atoms with Crippen molar-refractivity contribution < 1.29 is 0 Å². The Balaban J connectivity index is 1.59. The SMILES string of the molecule is CC1CCCCCCC(C2CCCCC=C(C3CCCCCCCCCC3)CC(C)CCCCC2)CC1. The molecular weight excluding hydrogens is 444 g/mol. The van der Waals surface area contributed by atoms with Crippen LogP contribution in [0.2, 0.25) is 0 Å². The van der Waals surface area contributed by atoms with E-state index in [4.69, 9.17) is 0 Å². The van der Waals surface area contributed by atoms with E-state index in [1.165, 1.54) is 173 Å². The largest absolute Gasteiger partial charge is 0.0850 e. The topological polar surface area (TPSA) is 0 Å². The molecule has 0 saturated heterocycles. The van der Waals surface area contributed by atoms with Crippen LogP contribution < -0.4 is 0 Å². The van der Waals surface area contributed by atoms with Crippen molar-refractivity contribution in [1.29, 1.82) is 0 Å². The summed E-state index contributed by atoms with van der Waals surface area (Å²) in [5.74, 6) is 4.83. The lowest BCUT2D eigenvalue weighted by Crippen LogP contribution is -2.17. The quantitative estimate of drug-likeness (QED) is 0.323. The Kier molecular flexibility index (Phi) is 16.7. The fourth-order valence-corrected chi connectivity index (χ4v) is 8.32. The number of allylic oxidation sites excluding steroid dienone is 2. The maximum absolute atomic E-state index is 2.80. The summed E-state index contributed by atoms with van der Waals surface area (Å²) >= 11 is 0. The second-order valence-corrected chi connectivity index (χ2v) is 14.3. The summed E-state index contributed by atoms with van der Waals surface area (Å²) in [6.07, 6.45) is 44.5. The fourth-order valence-electron chi connectivity index (χ4n) is 8.32. The normalized spacial score (nSPS) is 32.9. The standard InChI is InChI=1S/C37H68/c1-32-21-13-9-10-17-27-36(30-29-32)34-23-18-11-14-22-33(2)31-37(28-20-12-19-24-34)35-25-15-7-5-3-4-6-8-16-26-35/h28,32-36H,3-27,29-31H2,1-2H3. The third-order valence-corrected chi connectivity index (χ3v) is 10.9. The lowest BCUT2D eigenvalue weighted by molar-refractivity contribution is 0.222. The highest BCUT2D eigenvalue weighted by atomic mass is 14.3. The Labute approximate surface area is 234 Å². The van der Waals surface area contributed by atoms with Gasteiger partial charge in [0.05, 0.1) is 0 Å². The molecule has 0 aromatic carbocycles. The molecule has 0 N–H and O–H groups in total. The van der Waals surface area contributed by atoms with Crippen molar-refractivity contribution in [3.05, 3.63) is 11.6 Å². The van der Waals surface area contributed by atoms with Gasteiger partial charge in [0.15, 0.2) is 0 Å². The molecule has 3 aliphatic carbocycles. The zero-order valence-corrected chi connectivity index (χ0v) is 25.8. The van der Waals surface area contributed by atoms with Crippen molar-refractivity contribution in [3.63, 3.8) is 0 Å². The number of hydrogen-bond acceptors (Lipinski definition) is 0. The van der Waals surface area contributed by atoms with E-state index in [9.17, 15) is 0 Å². The smallest absolute Gasteiger partial charge is 0.0203 e. The van der Waals surface area contributed by atoms with Gasteiger partial charge >= 0.3 is 0 Å². The Hall–Kier alpha value is -0.260. The molecule has 0 radical (unpaired) electrons. The average molecular weight is 513 g/mol. The third-order valence-electron chi connectivity index (χ3n) is 10.9. The highest BCUT2D eigenvalue weighted by Crippen LogP contribution is 2.37. The minimum absolute atomic E-state index is 0.892. The summed E-state index contributed by atoms with van der Waals surface area (Å²) in [5, 5.41) is 0. The van der Waals surface area contributed by atoms with Crippen LogP contribution in [0.1, 0.15) is 194 Å². The molecule has 3 aliphatic rings. The van der Waals surface area contributed by atoms with Crippen LogP contribution >= 0.6 is 0 Å². The second-order valence-electron chi connectivity index (χ2n) is 14.3. The lowest BCUT2D eigenvalue weighted by atomic mass is 9.76. The van der Waals surface area contributed by atoms with Crippen LogP contribution in [0, 0.1) is 29.6 Å². The van der Waals surface area contributed by atoms with Crippen molar-refractivity contribution in [3.8, 4) is 0 Å². The van der Waals surface area contributed by atoms with E-state index < -0.39 is 0 Å². The molecule has 0 amide bonds. The second kappa shape index (κ2) is 19.7. The van der Waals surface area contributed by atoms with Gasteiger partial charge in [-0.05, 0) is 68.1 Å². The van der Waals surface area contributed by atoms with E-state index in [0.29, 0.717) is 0 Å². The first kappa shape index (κ1) is 31.3. The van der Waals surface area contributed by atoms with E-state index >= 15 is 0 Å². The summed E-state index contributed by atoms with van der Waals surface area (Å²) < 4.78 is 0. The molecule has 216 valence electrons. The number of hydrogen-bond donors (Lipinski definition) is 0. The van der Waals surface area contributed by atoms with Gasteiger partial charge in [0.25, 0.3) is 0 Å². The average Bonchev–Trinajstić information content (AvgIpc) is 2.96. The molecule has 2 fully saturated rings. The molecule has 2 saturated carbocycles. The molecule has 0 nitrogen and oxygen atoms in total. The molecule has 4 atom stereocenters. The summed E-state index contributed by atoms with van der Waals surface area (Å²) in [6, 6.07) is 0. The van der Waals surface area contributed by atoms with Gasteiger partial charge < -0.3 is 0 Å². The molecule has 0 bridgehead atoms. The Bertz CT molecular complexity index is 561. The summed E-state index contributed by atoms with van der Waals surface area (Å²) in [5.41, 5.74) is 1.90. The highest BCUT2D eigenvalue weighted by Gasteiger charge is 2.23. The van der Waals surface area contributed by atoms with Crippen LogP contribution in [0.5, 0.6) is 0 Å². The maximum atomic E-state index is 2.80. The van der Waals surface area contributed by atoms with Gasteiger partial charge in [0.1, 0.15) is 0 Å². The van der Waals surface area contributed by atoms with Gasteiger partial charge in [-0.25, -0.2) is 0 Å². The fraction of sp³-hybridized carbons (Fsp3) is 0.946. The van der Waals surface area contributed by atoms with Crippen molar-refractivity contribution in [2.24, 2.45) is 29.6 Å². The van der Waals surface area contributed by atoms with Gasteiger partial charge in [-0.15, -0.1) is 0 Å². The van der Waals surface area contributed by atoms with Gasteiger partial charge in [0, 0.05) is 0 Å². The number of rotatable bonds is 2. The zero-order valence-electron chi connectivity index (χ0n) is 25.8. The zero-order chi connectivity index (χ0) is 26.0. The molecule has 3 rings (SSSR count). The molecule has 0 heteroatoms. The Morgan fingerprint density at radius 1 is 0.405 bits per heavy atom. The van der Waals surface area contributed by atoms with Crippen LogP contribution in [0.3, 0.4) is 0 Å². The molecule has 0 aliphatic heterocycles. The molecule has 0 aromatic rings. The van der Waals surface area contributed by atoms with E-state index in [1.54, 1.807) is 6.42 Å². The Morgan fingerprint density at radius 2 is 0.838 bits per heavy atom. The van der Waals surface area contributed by atoms with Crippen LogP contribution in [-0.4, -0.2) is 0 Å². The summed E-state index contributed by atoms with van der Waals surface area (Å²) in [4.78, 5) is 0. The van der Waals surface area contributed by atoms with E-state index in [0.717, 1.165) is 29.6 Å². The first-order valence-electron chi connectivity index (χ1n) is 17.9. The minimum atomic E-state index is 0.892. The van der Waals surface area contributed by atoms with E-state index in [1.807, 2.05) is 5.57 Å². The predicted molar refractivity (Wildman–Crippen MR) is 166 cm³/mol. The van der Waals surface area contributed by atoms with Crippen LogP contribution in [0.4, 0.5) is 0 Å². The van der Waals surface area contributed by atoms with E-state index in [2.05, 4.69) is 19.9 Å². The molecule has 4 unspecified atom stereocenters. The van der Waals surface area contributed by atoms with Gasteiger partial charge in [-0.1, -0.05) is 167 Å². The first-order chi connectivity index (χ1) is 18.2. The minimum Gasteiger partial charge on any atom is -0.0850 e. The third kappa shape index (κ3) is 13.6. The first-order valence-corrected chi connectivity index (χ1v) is 17.9. The van der Waals surface area contributed by atoms with Gasteiger partial charge in [-0.2, -0.15) is 0 Å². The predicted octanol–water partition coefficient (Wildman–Crippen LogP) is 13.0. The monoisotopic (exact) mass is 513 g/mol.